The predicted molar refractivity (Wildman–Crippen MR) is 101 cm³/mol. The third kappa shape index (κ3) is 3.83. The fraction of sp³-hybridized carbons (Fsp3) is 0.300. The minimum atomic E-state index is -0.382. The summed E-state index contributed by atoms with van der Waals surface area (Å²) < 4.78 is 5.36. The van der Waals surface area contributed by atoms with Crippen LogP contribution in [0.2, 0.25) is 5.02 Å². The van der Waals surface area contributed by atoms with Crippen molar-refractivity contribution in [1.82, 2.24) is 5.32 Å². The number of hydrogen-bond acceptors (Lipinski definition) is 3. The zero-order valence-electron chi connectivity index (χ0n) is 14.8. The van der Waals surface area contributed by atoms with Gasteiger partial charge in [-0.1, -0.05) is 41.9 Å². The lowest BCUT2D eigenvalue weighted by atomic mass is 10.1. The predicted octanol–water partition coefficient (Wildman–Crippen LogP) is 3.33. The zero-order valence-corrected chi connectivity index (χ0v) is 15.5. The van der Waals surface area contributed by atoms with Gasteiger partial charge in [0.15, 0.2) is 0 Å². The second kappa shape index (κ2) is 7.79. The Bertz CT molecular complexity index is 823. The van der Waals surface area contributed by atoms with Crippen molar-refractivity contribution in [2.45, 2.75) is 19.9 Å². The topological polar surface area (TPSA) is 58.6 Å². The van der Waals surface area contributed by atoms with Crippen LogP contribution in [0.25, 0.3) is 0 Å². The number of hydrogen-bond donors (Lipinski definition) is 1. The van der Waals surface area contributed by atoms with Gasteiger partial charge in [0, 0.05) is 30.6 Å². The van der Waals surface area contributed by atoms with Gasteiger partial charge in [-0.05, 0) is 24.1 Å². The number of nitrogens with zero attached hydrogens (tertiary/aromatic N) is 1. The van der Waals surface area contributed by atoms with Gasteiger partial charge < -0.3 is 15.0 Å². The third-order valence-electron chi connectivity index (χ3n) is 4.56. The minimum absolute atomic E-state index is 0.0927. The molecule has 1 aliphatic rings. The van der Waals surface area contributed by atoms with Crippen molar-refractivity contribution < 1.29 is 14.3 Å². The number of nitrogens with one attached hydrogen (secondary N) is 1. The van der Waals surface area contributed by atoms with E-state index in [9.17, 15) is 9.59 Å². The Morgan fingerprint density at radius 3 is 2.73 bits per heavy atom. The molecule has 0 bridgehead atoms. The molecule has 1 unspecified atom stereocenters. The molecule has 0 spiro atoms. The lowest BCUT2D eigenvalue weighted by Crippen LogP contribution is -2.32. The molecule has 2 aromatic rings. The fourth-order valence-electron chi connectivity index (χ4n) is 3.07. The average molecular weight is 373 g/mol. The lowest BCUT2D eigenvalue weighted by Gasteiger charge is -2.20. The summed E-state index contributed by atoms with van der Waals surface area (Å²) in [6.07, 6.45) is 0.186. The lowest BCUT2D eigenvalue weighted by molar-refractivity contribution is -0.126. The fourth-order valence-corrected chi connectivity index (χ4v) is 3.22. The molecule has 1 fully saturated rings. The van der Waals surface area contributed by atoms with Crippen LogP contribution in [-0.4, -0.2) is 25.5 Å². The molecule has 5 nitrogen and oxygen atoms in total. The van der Waals surface area contributed by atoms with Gasteiger partial charge in [0.1, 0.15) is 5.75 Å². The van der Waals surface area contributed by atoms with E-state index in [2.05, 4.69) is 5.32 Å². The number of anilines is 1. The molecule has 2 aromatic carbocycles. The zero-order chi connectivity index (χ0) is 18.7. The van der Waals surface area contributed by atoms with Gasteiger partial charge in [0.25, 0.3) is 0 Å². The maximum absolute atomic E-state index is 12.5. The second-order valence-electron chi connectivity index (χ2n) is 6.38. The largest absolute Gasteiger partial charge is 0.495 e. The normalized spacial score (nSPS) is 16.7. The minimum Gasteiger partial charge on any atom is -0.495 e. The number of carbonyl (C=O) groups is 2. The highest BCUT2D eigenvalue weighted by Gasteiger charge is 2.36. The van der Waals surface area contributed by atoms with Crippen molar-refractivity contribution in [3.05, 3.63) is 58.6 Å². The first-order valence-corrected chi connectivity index (χ1v) is 8.83. The summed E-state index contributed by atoms with van der Waals surface area (Å²) in [6, 6.07) is 13.2. The molecule has 3 rings (SSSR count). The van der Waals surface area contributed by atoms with Crippen LogP contribution < -0.4 is 15.0 Å². The number of methoxy groups -OCH3 is 1. The smallest absolute Gasteiger partial charge is 0.227 e. The van der Waals surface area contributed by atoms with Crippen LogP contribution in [0.3, 0.4) is 0 Å². The summed E-state index contributed by atoms with van der Waals surface area (Å²) in [5.41, 5.74) is 2.53. The summed E-state index contributed by atoms with van der Waals surface area (Å²) in [7, 11) is 1.54. The summed E-state index contributed by atoms with van der Waals surface area (Å²) in [5, 5.41) is 3.49. The Hall–Kier alpha value is -2.53. The maximum atomic E-state index is 12.5. The standard InChI is InChI=1S/C20H21ClN2O3/c1-13-8-17(18(26-2)10-16(13)21)23-12-15(9-19(23)24)20(25)22-11-14-6-4-3-5-7-14/h3-8,10,15H,9,11-12H2,1-2H3,(H,22,25). The van der Waals surface area contributed by atoms with Crippen LogP contribution in [0.1, 0.15) is 17.5 Å². The highest BCUT2D eigenvalue weighted by Crippen LogP contribution is 2.36. The molecule has 2 amide bonds. The van der Waals surface area contributed by atoms with Crippen LogP contribution >= 0.6 is 11.6 Å². The van der Waals surface area contributed by atoms with Gasteiger partial charge in [-0.3, -0.25) is 9.59 Å². The van der Waals surface area contributed by atoms with E-state index in [1.807, 2.05) is 43.3 Å². The van der Waals surface area contributed by atoms with E-state index in [4.69, 9.17) is 16.3 Å². The molecule has 136 valence electrons. The molecule has 0 radical (unpaired) electrons. The second-order valence-corrected chi connectivity index (χ2v) is 6.79. The van der Waals surface area contributed by atoms with Crippen LogP contribution in [0.5, 0.6) is 5.75 Å². The summed E-state index contributed by atoms with van der Waals surface area (Å²) in [4.78, 5) is 26.6. The Morgan fingerprint density at radius 1 is 1.31 bits per heavy atom. The van der Waals surface area contributed by atoms with E-state index in [1.54, 1.807) is 11.0 Å². The Morgan fingerprint density at radius 2 is 2.04 bits per heavy atom. The first-order chi connectivity index (χ1) is 12.5. The SMILES string of the molecule is COc1cc(Cl)c(C)cc1N1CC(C(=O)NCc2ccccc2)CC1=O. The summed E-state index contributed by atoms with van der Waals surface area (Å²) in [6.45, 7) is 2.65. The van der Waals surface area contributed by atoms with E-state index in [1.165, 1.54) is 7.11 Å². The molecule has 0 saturated carbocycles. The molecule has 6 heteroatoms. The van der Waals surface area contributed by atoms with E-state index < -0.39 is 0 Å². The van der Waals surface area contributed by atoms with Crippen molar-refractivity contribution in [3.8, 4) is 5.75 Å². The first kappa shape index (κ1) is 18.3. The molecular weight excluding hydrogens is 352 g/mol. The molecule has 26 heavy (non-hydrogen) atoms. The summed E-state index contributed by atoms with van der Waals surface area (Å²) >= 11 is 6.14. The van der Waals surface area contributed by atoms with Crippen molar-refractivity contribution in [1.29, 1.82) is 0 Å². The number of benzene rings is 2. The van der Waals surface area contributed by atoms with Crippen molar-refractivity contribution in [3.63, 3.8) is 0 Å². The van der Waals surface area contributed by atoms with Gasteiger partial charge in [-0.25, -0.2) is 0 Å². The number of rotatable bonds is 5. The van der Waals surface area contributed by atoms with Gasteiger partial charge in [-0.15, -0.1) is 0 Å². The Labute approximate surface area is 157 Å². The van der Waals surface area contributed by atoms with Crippen molar-refractivity contribution in [2.75, 3.05) is 18.6 Å². The van der Waals surface area contributed by atoms with Gasteiger partial charge >= 0.3 is 0 Å². The average Bonchev–Trinajstić information content (AvgIpc) is 3.04. The number of ether oxygens (including phenoxy) is 1. The van der Waals surface area contributed by atoms with E-state index in [-0.39, 0.29) is 24.2 Å². The highest BCUT2D eigenvalue weighted by molar-refractivity contribution is 6.31. The quantitative estimate of drug-likeness (QED) is 0.875. The third-order valence-corrected chi connectivity index (χ3v) is 4.96. The number of halogens is 1. The van der Waals surface area contributed by atoms with Crippen molar-refractivity contribution >= 4 is 29.1 Å². The molecule has 1 heterocycles. The maximum Gasteiger partial charge on any atom is 0.227 e. The van der Waals surface area contributed by atoms with Gasteiger partial charge in [-0.2, -0.15) is 0 Å². The van der Waals surface area contributed by atoms with E-state index in [0.717, 1.165) is 11.1 Å². The molecule has 0 aromatic heterocycles. The Balaban J connectivity index is 1.70. The number of aryl methyl sites for hydroxylation is 1. The molecule has 1 aliphatic heterocycles. The summed E-state index contributed by atoms with van der Waals surface area (Å²) in [5.74, 6) is -0.0644. The van der Waals surface area contributed by atoms with Crippen LogP contribution in [0.15, 0.2) is 42.5 Å². The van der Waals surface area contributed by atoms with E-state index in [0.29, 0.717) is 29.5 Å². The Kier molecular flexibility index (Phi) is 5.47. The molecule has 1 N–H and O–H groups in total. The molecule has 0 aliphatic carbocycles. The number of amides is 2. The molecule has 1 saturated heterocycles. The van der Waals surface area contributed by atoms with E-state index >= 15 is 0 Å². The molecule has 1 atom stereocenters. The monoisotopic (exact) mass is 372 g/mol. The van der Waals surface area contributed by atoms with Crippen molar-refractivity contribution in [2.24, 2.45) is 5.92 Å². The van der Waals surface area contributed by atoms with Crippen LogP contribution in [0, 0.1) is 12.8 Å². The van der Waals surface area contributed by atoms with Gasteiger partial charge in [0.05, 0.1) is 18.7 Å². The molecular formula is C20H21ClN2O3. The number of carbonyl (C=O) groups excluding carboxylic acids is 2. The highest BCUT2D eigenvalue weighted by atomic mass is 35.5. The first-order valence-electron chi connectivity index (χ1n) is 8.45. The van der Waals surface area contributed by atoms with Crippen LogP contribution in [0.4, 0.5) is 5.69 Å². The van der Waals surface area contributed by atoms with Crippen LogP contribution in [-0.2, 0) is 16.1 Å². The van der Waals surface area contributed by atoms with Gasteiger partial charge in [0.2, 0.25) is 11.8 Å².